The second-order valence-electron chi connectivity index (χ2n) is 4.34. The fourth-order valence-corrected chi connectivity index (χ4v) is 1.36. The van der Waals surface area contributed by atoms with Gasteiger partial charge in [-0.15, -0.1) is 0 Å². The van der Waals surface area contributed by atoms with Crippen molar-refractivity contribution in [3.63, 3.8) is 0 Å². The fourth-order valence-electron chi connectivity index (χ4n) is 1.18. The summed E-state index contributed by atoms with van der Waals surface area (Å²) in [6.45, 7) is 6.84. The molecule has 0 N–H and O–H groups in total. The van der Waals surface area contributed by atoms with Crippen LogP contribution in [0.15, 0.2) is 17.2 Å². The van der Waals surface area contributed by atoms with Crippen molar-refractivity contribution in [1.29, 1.82) is 0 Å². The van der Waals surface area contributed by atoms with E-state index in [-0.39, 0.29) is 11.1 Å². The van der Waals surface area contributed by atoms with Crippen LogP contribution in [0.4, 0.5) is 0 Å². The minimum atomic E-state index is -0.176. The molecule has 0 aliphatic heterocycles. The molecule has 14 heavy (non-hydrogen) atoms. The quantitative estimate of drug-likeness (QED) is 0.778. The molecule has 4 heteroatoms. The van der Waals surface area contributed by atoms with Crippen LogP contribution in [0.1, 0.15) is 19.4 Å². The smallest absolute Gasteiger partial charge is 0.298 e. The molecule has 78 valence electrons. The van der Waals surface area contributed by atoms with Gasteiger partial charge in [-0.2, -0.15) is 0 Å². The molecule has 0 saturated heterocycles. The maximum Gasteiger partial charge on any atom is 0.347 e. The lowest BCUT2D eigenvalue weighted by Gasteiger charge is -2.22. The van der Waals surface area contributed by atoms with E-state index >= 15 is 0 Å². The first-order valence-corrected chi connectivity index (χ1v) is 5.66. The minimum absolute atomic E-state index is 0.0687. The third-order valence-electron chi connectivity index (χ3n) is 1.94. The van der Waals surface area contributed by atoms with Crippen LogP contribution in [0, 0.1) is 12.3 Å². The largest absolute Gasteiger partial charge is 0.347 e. The van der Waals surface area contributed by atoms with Crippen LogP contribution in [-0.4, -0.2) is 14.9 Å². The Balaban J connectivity index is 2.97. The summed E-state index contributed by atoms with van der Waals surface area (Å²) in [5.41, 5.74) is 0.902. The standard InChI is InChI=1S/C10H15BrN2O/c1-8-4-12-9(14)13(5-8)7-10(2,3)6-11/h4-5H,6-7H2,1-3H3. The van der Waals surface area contributed by atoms with Crippen LogP contribution in [0.5, 0.6) is 0 Å². The van der Waals surface area contributed by atoms with Crippen molar-refractivity contribution < 1.29 is 0 Å². The molecule has 0 aliphatic carbocycles. The van der Waals surface area contributed by atoms with Gasteiger partial charge in [0, 0.05) is 24.3 Å². The maximum atomic E-state index is 11.4. The minimum Gasteiger partial charge on any atom is -0.298 e. The van der Waals surface area contributed by atoms with Gasteiger partial charge in [-0.05, 0) is 17.9 Å². The Morgan fingerprint density at radius 2 is 2.21 bits per heavy atom. The highest BCUT2D eigenvalue weighted by Gasteiger charge is 2.17. The second-order valence-corrected chi connectivity index (χ2v) is 4.90. The van der Waals surface area contributed by atoms with E-state index in [0.717, 1.165) is 10.9 Å². The summed E-state index contributed by atoms with van der Waals surface area (Å²) < 4.78 is 1.66. The Morgan fingerprint density at radius 1 is 1.57 bits per heavy atom. The van der Waals surface area contributed by atoms with E-state index in [0.29, 0.717) is 6.54 Å². The Hall–Kier alpha value is -0.640. The summed E-state index contributed by atoms with van der Waals surface area (Å²) >= 11 is 3.44. The topological polar surface area (TPSA) is 34.9 Å². The third kappa shape index (κ3) is 2.94. The van der Waals surface area contributed by atoms with Crippen LogP contribution in [0.2, 0.25) is 0 Å². The summed E-state index contributed by atoms with van der Waals surface area (Å²) in [7, 11) is 0. The molecule has 0 bridgehead atoms. The number of rotatable bonds is 3. The summed E-state index contributed by atoms with van der Waals surface area (Å²) in [5.74, 6) is 0. The number of hydrogen-bond donors (Lipinski definition) is 0. The lowest BCUT2D eigenvalue weighted by atomic mass is 9.97. The maximum absolute atomic E-state index is 11.4. The molecule has 0 saturated carbocycles. The number of aryl methyl sites for hydroxylation is 1. The predicted octanol–water partition coefficient (Wildman–Crippen LogP) is 1.97. The molecular weight excluding hydrogens is 244 g/mol. The average Bonchev–Trinajstić information content (AvgIpc) is 2.11. The molecule has 0 aromatic carbocycles. The zero-order chi connectivity index (χ0) is 10.8. The molecule has 0 radical (unpaired) electrons. The van der Waals surface area contributed by atoms with E-state index < -0.39 is 0 Å². The van der Waals surface area contributed by atoms with Gasteiger partial charge in [0.25, 0.3) is 0 Å². The number of aromatic nitrogens is 2. The van der Waals surface area contributed by atoms with Crippen molar-refractivity contribution in [2.24, 2.45) is 5.41 Å². The molecule has 1 aromatic rings. The van der Waals surface area contributed by atoms with Crippen molar-refractivity contribution in [1.82, 2.24) is 9.55 Å². The van der Waals surface area contributed by atoms with E-state index in [2.05, 4.69) is 34.8 Å². The summed E-state index contributed by atoms with van der Waals surface area (Å²) in [6.07, 6.45) is 3.44. The van der Waals surface area contributed by atoms with Crippen LogP contribution in [0.3, 0.4) is 0 Å². The van der Waals surface area contributed by atoms with Crippen LogP contribution in [-0.2, 0) is 6.54 Å². The zero-order valence-corrected chi connectivity index (χ0v) is 10.3. The van der Waals surface area contributed by atoms with Crippen molar-refractivity contribution >= 4 is 15.9 Å². The van der Waals surface area contributed by atoms with Gasteiger partial charge in [0.05, 0.1) is 0 Å². The number of halogens is 1. The monoisotopic (exact) mass is 258 g/mol. The van der Waals surface area contributed by atoms with Crippen LogP contribution in [0.25, 0.3) is 0 Å². The van der Waals surface area contributed by atoms with Gasteiger partial charge in [-0.1, -0.05) is 29.8 Å². The van der Waals surface area contributed by atoms with E-state index in [4.69, 9.17) is 0 Å². The van der Waals surface area contributed by atoms with Gasteiger partial charge in [0.15, 0.2) is 0 Å². The van der Waals surface area contributed by atoms with E-state index in [1.54, 1.807) is 10.8 Å². The van der Waals surface area contributed by atoms with E-state index in [1.165, 1.54) is 0 Å². The molecule has 0 fully saturated rings. The van der Waals surface area contributed by atoms with E-state index in [9.17, 15) is 4.79 Å². The third-order valence-corrected chi connectivity index (χ3v) is 3.46. The molecule has 1 rings (SSSR count). The normalized spacial score (nSPS) is 11.7. The zero-order valence-electron chi connectivity index (χ0n) is 8.75. The highest BCUT2D eigenvalue weighted by atomic mass is 79.9. The first kappa shape index (κ1) is 11.4. The van der Waals surface area contributed by atoms with Crippen molar-refractivity contribution in [2.45, 2.75) is 27.3 Å². The second kappa shape index (κ2) is 4.26. The first-order chi connectivity index (χ1) is 6.44. The van der Waals surface area contributed by atoms with Gasteiger partial charge < -0.3 is 0 Å². The lowest BCUT2D eigenvalue weighted by Crippen LogP contribution is -2.30. The molecule has 0 atom stereocenters. The van der Waals surface area contributed by atoms with Crippen LogP contribution >= 0.6 is 15.9 Å². The van der Waals surface area contributed by atoms with Gasteiger partial charge in [-0.25, -0.2) is 9.78 Å². The van der Waals surface area contributed by atoms with Gasteiger partial charge >= 0.3 is 5.69 Å². The Labute approximate surface area is 92.3 Å². The van der Waals surface area contributed by atoms with Gasteiger partial charge in [-0.3, -0.25) is 4.57 Å². The summed E-state index contributed by atoms with van der Waals surface area (Å²) in [5, 5.41) is 0.861. The molecule has 1 heterocycles. The Morgan fingerprint density at radius 3 is 2.79 bits per heavy atom. The molecule has 0 amide bonds. The fraction of sp³-hybridized carbons (Fsp3) is 0.600. The number of alkyl halides is 1. The van der Waals surface area contributed by atoms with Crippen LogP contribution < -0.4 is 5.69 Å². The first-order valence-electron chi connectivity index (χ1n) is 4.54. The predicted molar refractivity (Wildman–Crippen MR) is 60.8 cm³/mol. The molecule has 0 spiro atoms. The van der Waals surface area contributed by atoms with Gasteiger partial charge in [0.1, 0.15) is 0 Å². The average molecular weight is 259 g/mol. The molecule has 0 unspecified atom stereocenters. The highest BCUT2D eigenvalue weighted by Crippen LogP contribution is 2.19. The van der Waals surface area contributed by atoms with Crippen molar-refractivity contribution in [3.8, 4) is 0 Å². The van der Waals surface area contributed by atoms with Crippen molar-refractivity contribution in [2.75, 3.05) is 5.33 Å². The Bertz CT molecular complexity index is 371. The molecule has 0 aliphatic rings. The van der Waals surface area contributed by atoms with Gasteiger partial charge in [0.2, 0.25) is 0 Å². The summed E-state index contributed by atoms with van der Waals surface area (Å²) in [6, 6.07) is 0. The molecule has 1 aromatic heterocycles. The molecule has 3 nitrogen and oxygen atoms in total. The van der Waals surface area contributed by atoms with Crippen molar-refractivity contribution in [3.05, 3.63) is 28.4 Å². The highest BCUT2D eigenvalue weighted by molar-refractivity contribution is 9.09. The number of nitrogens with zero attached hydrogens (tertiary/aromatic N) is 2. The lowest BCUT2D eigenvalue weighted by molar-refractivity contribution is 0.345. The molecular formula is C10H15BrN2O. The Kier molecular flexibility index (Phi) is 3.48. The number of hydrogen-bond acceptors (Lipinski definition) is 2. The summed E-state index contributed by atoms with van der Waals surface area (Å²) in [4.78, 5) is 15.2. The SMILES string of the molecule is Cc1cnc(=O)n(CC(C)(C)CBr)c1. The van der Waals surface area contributed by atoms with E-state index in [1.807, 2.05) is 13.1 Å².